The molecule has 1 saturated heterocycles. The summed E-state index contributed by atoms with van der Waals surface area (Å²) in [4.78, 5) is 19.5. The van der Waals surface area contributed by atoms with Crippen LogP contribution in [0.4, 0.5) is 0 Å². The quantitative estimate of drug-likeness (QED) is 0.473. The summed E-state index contributed by atoms with van der Waals surface area (Å²) < 4.78 is 11.5. The summed E-state index contributed by atoms with van der Waals surface area (Å²) in [5, 5.41) is 3.16. The van der Waals surface area contributed by atoms with Crippen molar-refractivity contribution in [2.75, 3.05) is 26.7 Å². The molecule has 1 aromatic heterocycles. The zero-order valence-corrected chi connectivity index (χ0v) is 19.3. The number of benzene rings is 2. The number of rotatable bonds is 10. The first kappa shape index (κ1) is 23.1. The molecule has 0 saturated carbocycles. The van der Waals surface area contributed by atoms with E-state index in [2.05, 4.69) is 21.3 Å². The van der Waals surface area contributed by atoms with E-state index in [4.69, 9.17) is 9.15 Å². The Morgan fingerprint density at radius 1 is 1.09 bits per heavy atom. The number of nitrogens with zero attached hydrogens (tertiary/aromatic N) is 2. The van der Waals surface area contributed by atoms with E-state index in [-0.39, 0.29) is 11.9 Å². The minimum absolute atomic E-state index is 0.0572. The molecule has 2 heterocycles. The molecule has 1 N–H and O–H groups in total. The highest BCUT2D eigenvalue weighted by atomic mass is 16.5. The maximum atomic E-state index is 12.6. The molecule has 6 heteroatoms. The van der Waals surface area contributed by atoms with Gasteiger partial charge in [-0.1, -0.05) is 55.0 Å². The van der Waals surface area contributed by atoms with E-state index >= 15 is 0 Å². The zero-order chi connectivity index (χ0) is 22.9. The van der Waals surface area contributed by atoms with Crippen LogP contribution in [0.3, 0.4) is 0 Å². The monoisotopic (exact) mass is 447 g/mol. The van der Waals surface area contributed by atoms with Gasteiger partial charge < -0.3 is 14.5 Å². The molecule has 1 fully saturated rings. The maximum absolute atomic E-state index is 12.6. The van der Waals surface area contributed by atoms with Gasteiger partial charge in [0.25, 0.3) is 0 Å². The number of carbonyl (C=O) groups is 1. The van der Waals surface area contributed by atoms with Crippen molar-refractivity contribution in [3.63, 3.8) is 0 Å². The third-order valence-corrected chi connectivity index (χ3v) is 6.23. The molecule has 4 rings (SSSR count). The first-order valence-electron chi connectivity index (χ1n) is 11.9. The number of carbonyl (C=O) groups excluding carboxylic acids is 1. The summed E-state index contributed by atoms with van der Waals surface area (Å²) in [6, 6.07) is 18.2. The maximum Gasteiger partial charge on any atom is 0.220 e. The highest BCUT2D eigenvalue weighted by Gasteiger charge is 2.25. The van der Waals surface area contributed by atoms with E-state index in [1.165, 1.54) is 19.3 Å². The van der Waals surface area contributed by atoms with E-state index in [9.17, 15) is 4.79 Å². The molecule has 1 aliphatic heterocycles. The van der Waals surface area contributed by atoms with Crippen LogP contribution in [0.2, 0.25) is 0 Å². The lowest BCUT2D eigenvalue weighted by atomic mass is 10.0. The molecule has 1 atom stereocenters. The lowest BCUT2D eigenvalue weighted by Crippen LogP contribution is -2.40. The molecule has 0 radical (unpaired) electrons. The van der Waals surface area contributed by atoms with Gasteiger partial charge in [-0.05, 0) is 38.4 Å². The van der Waals surface area contributed by atoms with Gasteiger partial charge in [0.15, 0.2) is 11.7 Å². The first-order valence-corrected chi connectivity index (χ1v) is 11.9. The standard InChI is InChI=1S/C27H33N3O3/c1-32-24-14-7-6-13-22(24)23(30-17-8-3-9-18-30)19-28-26(31)15-10-16-27-29-20-25(33-27)21-11-4-2-5-12-21/h2,4-7,11-14,20,23H,3,8-10,15-19H2,1H3,(H,28,31). The number of para-hydroxylation sites is 1. The zero-order valence-electron chi connectivity index (χ0n) is 19.3. The van der Waals surface area contributed by atoms with Crippen LogP contribution in [0.25, 0.3) is 11.3 Å². The second-order valence-corrected chi connectivity index (χ2v) is 8.50. The molecule has 1 unspecified atom stereocenters. The number of likely N-dealkylation sites (tertiary alicyclic amines) is 1. The fourth-order valence-corrected chi connectivity index (χ4v) is 4.47. The van der Waals surface area contributed by atoms with Crippen LogP contribution in [0, 0.1) is 0 Å². The Labute approximate surface area is 196 Å². The summed E-state index contributed by atoms with van der Waals surface area (Å²) in [6.45, 7) is 2.68. The van der Waals surface area contributed by atoms with E-state index < -0.39 is 0 Å². The van der Waals surface area contributed by atoms with Crippen molar-refractivity contribution in [3.05, 3.63) is 72.2 Å². The van der Waals surface area contributed by atoms with Crippen LogP contribution < -0.4 is 10.1 Å². The Kier molecular flexibility index (Phi) is 8.14. The highest BCUT2D eigenvalue weighted by Crippen LogP contribution is 2.31. The number of methoxy groups -OCH3 is 1. The third-order valence-electron chi connectivity index (χ3n) is 6.23. The molecule has 0 bridgehead atoms. The molecule has 33 heavy (non-hydrogen) atoms. The SMILES string of the molecule is COc1ccccc1C(CNC(=O)CCCc1ncc(-c2ccccc2)o1)N1CCCCC1. The van der Waals surface area contributed by atoms with Crippen LogP contribution >= 0.6 is 0 Å². The van der Waals surface area contributed by atoms with Crippen LogP contribution in [-0.4, -0.2) is 42.5 Å². The summed E-state index contributed by atoms with van der Waals surface area (Å²) in [6.07, 6.45) is 7.20. The van der Waals surface area contributed by atoms with Crippen molar-refractivity contribution in [3.8, 4) is 17.1 Å². The van der Waals surface area contributed by atoms with Gasteiger partial charge in [-0.3, -0.25) is 9.69 Å². The average Bonchev–Trinajstić information content (AvgIpc) is 3.35. The molecule has 174 valence electrons. The Hall–Kier alpha value is -3.12. The molecule has 3 aromatic rings. The molecular formula is C27H33N3O3. The summed E-state index contributed by atoms with van der Waals surface area (Å²) in [5.74, 6) is 2.36. The smallest absolute Gasteiger partial charge is 0.220 e. The van der Waals surface area contributed by atoms with Gasteiger partial charge >= 0.3 is 0 Å². The van der Waals surface area contributed by atoms with E-state index in [1.807, 2.05) is 48.5 Å². The predicted octanol–water partition coefficient (Wildman–Crippen LogP) is 5.02. The Balaban J connectivity index is 1.30. The van der Waals surface area contributed by atoms with E-state index in [0.29, 0.717) is 31.7 Å². The molecule has 0 aliphatic carbocycles. The van der Waals surface area contributed by atoms with Gasteiger partial charge in [-0.15, -0.1) is 0 Å². The van der Waals surface area contributed by atoms with Crippen molar-refractivity contribution in [1.29, 1.82) is 0 Å². The lowest BCUT2D eigenvalue weighted by molar-refractivity contribution is -0.121. The predicted molar refractivity (Wildman–Crippen MR) is 129 cm³/mol. The van der Waals surface area contributed by atoms with Gasteiger partial charge in [-0.2, -0.15) is 0 Å². The Morgan fingerprint density at radius 3 is 2.64 bits per heavy atom. The molecule has 0 spiro atoms. The van der Waals surface area contributed by atoms with Crippen molar-refractivity contribution >= 4 is 5.91 Å². The molecule has 1 aliphatic rings. The molecule has 6 nitrogen and oxygen atoms in total. The fourth-order valence-electron chi connectivity index (χ4n) is 4.47. The minimum Gasteiger partial charge on any atom is -0.496 e. The lowest BCUT2D eigenvalue weighted by Gasteiger charge is -2.35. The summed E-state index contributed by atoms with van der Waals surface area (Å²) >= 11 is 0. The van der Waals surface area contributed by atoms with Crippen LogP contribution in [0.5, 0.6) is 5.75 Å². The van der Waals surface area contributed by atoms with Gasteiger partial charge in [0, 0.05) is 30.5 Å². The molecule has 1 amide bonds. The largest absolute Gasteiger partial charge is 0.496 e. The number of nitrogens with one attached hydrogen (secondary N) is 1. The van der Waals surface area contributed by atoms with Crippen molar-refractivity contribution in [1.82, 2.24) is 15.2 Å². The number of oxazole rings is 1. The van der Waals surface area contributed by atoms with Crippen LogP contribution in [0.15, 0.2) is 65.2 Å². The number of amides is 1. The van der Waals surface area contributed by atoms with E-state index in [1.54, 1.807) is 13.3 Å². The van der Waals surface area contributed by atoms with Gasteiger partial charge in [0.2, 0.25) is 5.91 Å². The third kappa shape index (κ3) is 6.23. The number of aryl methyl sites for hydroxylation is 1. The van der Waals surface area contributed by atoms with Crippen LogP contribution in [-0.2, 0) is 11.2 Å². The number of aromatic nitrogens is 1. The fraction of sp³-hybridized carbons (Fsp3) is 0.407. The topological polar surface area (TPSA) is 67.6 Å². The van der Waals surface area contributed by atoms with Gasteiger partial charge in [0.05, 0.1) is 19.3 Å². The van der Waals surface area contributed by atoms with E-state index in [0.717, 1.165) is 35.7 Å². The number of piperidine rings is 1. The second-order valence-electron chi connectivity index (χ2n) is 8.50. The summed E-state index contributed by atoms with van der Waals surface area (Å²) in [5.41, 5.74) is 2.14. The van der Waals surface area contributed by atoms with Crippen molar-refractivity contribution < 1.29 is 13.9 Å². The van der Waals surface area contributed by atoms with Gasteiger partial charge in [0.1, 0.15) is 5.75 Å². The van der Waals surface area contributed by atoms with Crippen molar-refractivity contribution in [2.24, 2.45) is 0 Å². The summed E-state index contributed by atoms with van der Waals surface area (Å²) in [7, 11) is 1.70. The normalized spacial score (nSPS) is 15.2. The number of ether oxygens (including phenoxy) is 1. The first-order chi connectivity index (χ1) is 16.2. The molecular weight excluding hydrogens is 414 g/mol. The Morgan fingerprint density at radius 2 is 1.85 bits per heavy atom. The highest BCUT2D eigenvalue weighted by molar-refractivity contribution is 5.75. The van der Waals surface area contributed by atoms with Gasteiger partial charge in [-0.25, -0.2) is 4.98 Å². The van der Waals surface area contributed by atoms with Crippen LogP contribution in [0.1, 0.15) is 49.6 Å². The minimum atomic E-state index is 0.0572. The van der Waals surface area contributed by atoms with Crippen molar-refractivity contribution in [2.45, 2.75) is 44.6 Å². The Bertz CT molecular complexity index is 1010. The number of hydrogen-bond donors (Lipinski definition) is 1. The molecule has 2 aromatic carbocycles. The number of hydrogen-bond acceptors (Lipinski definition) is 5. The average molecular weight is 448 g/mol. The second kappa shape index (κ2) is 11.7.